The summed E-state index contributed by atoms with van der Waals surface area (Å²) in [6.45, 7) is 0. The molecule has 122 valence electrons. The second-order valence-corrected chi connectivity index (χ2v) is 5.25. The van der Waals surface area contributed by atoms with E-state index in [1.54, 1.807) is 18.2 Å². The third-order valence-electron chi connectivity index (χ3n) is 3.60. The maximum Gasteiger partial charge on any atom is 0.355 e. The molecular formula is C18H15NO5. The molecule has 1 heterocycles. The Labute approximate surface area is 137 Å². The number of carbonyl (C=O) groups is 1. The van der Waals surface area contributed by atoms with Crippen LogP contribution < -0.4 is 0 Å². The lowest BCUT2D eigenvalue weighted by Gasteiger charge is -2.02. The third-order valence-corrected chi connectivity index (χ3v) is 3.60. The number of carbonyl (C=O) groups excluding carboxylic acids is 1. The number of hydrogen-bond acceptors (Lipinski definition) is 5. The summed E-state index contributed by atoms with van der Waals surface area (Å²) in [7, 11) is 1.28. The maximum absolute atomic E-state index is 12.1. The Hall–Kier alpha value is -3.41. The number of benzene rings is 2. The van der Waals surface area contributed by atoms with Crippen LogP contribution in [0.15, 0.2) is 48.5 Å². The molecule has 0 bridgehead atoms. The van der Waals surface area contributed by atoms with Crippen molar-refractivity contribution in [2.45, 2.75) is 0 Å². The van der Waals surface area contributed by atoms with Gasteiger partial charge in [-0.3, -0.25) is 0 Å². The molecule has 0 saturated carbocycles. The number of nitrogens with one attached hydrogen (secondary N) is 1. The van der Waals surface area contributed by atoms with Crippen molar-refractivity contribution in [3.8, 4) is 39.6 Å². The van der Waals surface area contributed by atoms with Crippen LogP contribution in [0.1, 0.15) is 10.5 Å². The number of aromatic hydroxyl groups is 3. The maximum atomic E-state index is 12.1. The highest BCUT2D eigenvalue weighted by Gasteiger charge is 2.18. The zero-order chi connectivity index (χ0) is 17.3. The Morgan fingerprint density at radius 2 is 1.50 bits per heavy atom. The number of rotatable bonds is 3. The molecule has 0 amide bonds. The van der Waals surface area contributed by atoms with Crippen LogP contribution in [0, 0.1) is 0 Å². The summed E-state index contributed by atoms with van der Waals surface area (Å²) < 4.78 is 4.80. The largest absolute Gasteiger partial charge is 0.508 e. The molecule has 3 rings (SSSR count). The minimum atomic E-state index is -0.547. The van der Waals surface area contributed by atoms with E-state index < -0.39 is 5.97 Å². The van der Waals surface area contributed by atoms with Crippen LogP contribution in [0.4, 0.5) is 0 Å². The smallest absolute Gasteiger partial charge is 0.355 e. The summed E-state index contributed by atoms with van der Waals surface area (Å²) >= 11 is 0. The van der Waals surface area contributed by atoms with Crippen LogP contribution in [-0.4, -0.2) is 33.4 Å². The fraction of sp³-hybridized carbons (Fsp3) is 0.0556. The number of phenols is 3. The first-order valence-corrected chi connectivity index (χ1v) is 7.12. The molecule has 6 heteroatoms. The fourth-order valence-electron chi connectivity index (χ4n) is 2.49. The number of esters is 1. The Kier molecular flexibility index (Phi) is 3.87. The van der Waals surface area contributed by atoms with Gasteiger partial charge in [0.1, 0.15) is 22.9 Å². The summed E-state index contributed by atoms with van der Waals surface area (Å²) in [6.07, 6.45) is 0. The van der Waals surface area contributed by atoms with E-state index in [4.69, 9.17) is 4.74 Å². The monoisotopic (exact) mass is 325 g/mol. The molecule has 3 aromatic rings. The molecule has 0 unspecified atom stereocenters. The third kappa shape index (κ3) is 2.89. The number of phenolic OH excluding ortho intramolecular Hbond substituents is 3. The van der Waals surface area contributed by atoms with E-state index in [0.29, 0.717) is 22.4 Å². The molecule has 4 N–H and O–H groups in total. The van der Waals surface area contributed by atoms with Gasteiger partial charge in [-0.1, -0.05) is 12.1 Å². The van der Waals surface area contributed by atoms with Gasteiger partial charge in [0.15, 0.2) is 0 Å². The van der Waals surface area contributed by atoms with E-state index in [-0.39, 0.29) is 22.9 Å². The first-order valence-electron chi connectivity index (χ1n) is 7.12. The van der Waals surface area contributed by atoms with Gasteiger partial charge in [-0.05, 0) is 35.9 Å². The first-order chi connectivity index (χ1) is 11.5. The quantitative estimate of drug-likeness (QED) is 0.554. The molecule has 0 aliphatic carbocycles. The minimum Gasteiger partial charge on any atom is -0.508 e. The Morgan fingerprint density at radius 3 is 2.08 bits per heavy atom. The highest BCUT2D eigenvalue weighted by atomic mass is 16.5. The van der Waals surface area contributed by atoms with E-state index in [0.717, 1.165) is 0 Å². The summed E-state index contributed by atoms with van der Waals surface area (Å²) in [5.41, 5.74) is 2.58. The summed E-state index contributed by atoms with van der Waals surface area (Å²) in [4.78, 5) is 15.0. The normalized spacial score (nSPS) is 10.5. The molecule has 6 nitrogen and oxygen atoms in total. The topological polar surface area (TPSA) is 103 Å². The van der Waals surface area contributed by atoms with Gasteiger partial charge in [-0.2, -0.15) is 0 Å². The second kappa shape index (κ2) is 6.00. The van der Waals surface area contributed by atoms with E-state index in [1.807, 2.05) is 0 Å². The van der Waals surface area contributed by atoms with Gasteiger partial charge in [0.25, 0.3) is 0 Å². The number of hydrogen-bond donors (Lipinski definition) is 4. The van der Waals surface area contributed by atoms with Crippen molar-refractivity contribution >= 4 is 5.97 Å². The van der Waals surface area contributed by atoms with E-state index in [2.05, 4.69) is 4.98 Å². The molecular weight excluding hydrogens is 310 g/mol. The summed E-state index contributed by atoms with van der Waals surface area (Å²) in [5, 5.41) is 28.7. The van der Waals surface area contributed by atoms with Crippen molar-refractivity contribution < 1.29 is 24.9 Å². The average Bonchev–Trinajstić information content (AvgIpc) is 2.99. The van der Waals surface area contributed by atoms with E-state index in [9.17, 15) is 20.1 Å². The van der Waals surface area contributed by atoms with Crippen LogP contribution in [-0.2, 0) is 4.74 Å². The van der Waals surface area contributed by atoms with Gasteiger partial charge < -0.3 is 25.0 Å². The zero-order valence-corrected chi connectivity index (χ0v) is 12.8. The van der Waals surface area contributed by atoms with Crippen molar-refractivity contribution in [3.05, 3.63) is 54.2 Å². The van der Waals surface area contributed by atoms with Crippen molar-refractivity contribution in [1.29, 1.82) is 0 Å². The summed E-state index contributed by atoms with van der Waals surface area (Å²) in [5.74, 6) is -0.614. The predicted octanol–water partition coefficient (Wildman–Crippen LogP) is 3.25. The van der Waals surface area contributed by atoms with Gasteiger partial charge in [0.2, 0.25) is 0 Å². The lowest BCUT2D eigenvalue weighted by atomic mass is 10.0. The lowest BCUT2D eigenvalue weighted by molar-refractivity contribution is 0.0596. The number of methoxy groups -OCH3 is 1. The number of H-pyrrole nitrogens is 1. The van der Waals surface area contributed by atoms with Gasteiger partial charge in [-0.25, -0.2) is 4.79 Å². The van der Waals surface area contributed by atoms with Crippen LogP contribution in [0.2, 0.25) is 0 Å². The SMILES string of the molecule is COC(=O)c1[nH]c(-c2cc(O)cc(O)c2)cc1-c1ccc(O)cc1. The first kappa shape index (κ1) is 15.5. The molecule has 0 spiro atoms. The minimum absolute atomic E-state index is 0.0922. The Bertz CT molecular complexity index is 876. The Balaban J connectivity index is 2.16. The lowest BCUT2D eigenvalue weighted by Crippen LogP contribution is -2.03. The van der Waals surface area contributed by atoms with Gasteiger partial charge in [-0.15, -0.1) is 0 Å². The van der Waals surface area contributed by atoms with Crippen molar-refractivity contribution in [3.63, 3.8) is 0 Å². The fourth-order valence-corrected chi connectivity index (χ4v) is 2.49. The molecule has 0 saturated heterocycles. The molecule has 0 aliphatic heterocycles. The van der Waals surface area contributed by atoms with Crippen LogP contribution in [0.3, 0.4) is 0 Å². The van der Waals surface area contributed by atoms with Crippen molar-refractivity contribution in [2.24, 2.45) is 0 Å². The average molecular weight is 325 g/mol. The molecule has 0 radical (unpaired) electrons. The zero-order valence-electron chi connectivity index (χ0n) is 12.8. The van der Waals surface area contributed by atoms with Gasteiger partial charge >= 0.3 is 5.97 Å². The van der Waals surface area contributed by atoms with E-state index in [1.165, 1.54) is 37.4 Å². The molecule has 24 heavy (non-hydrogen) atoms. The van der Waals surface area contributed by atoms with Crippen LogP contribution in [0.5, 0.6) is 17.2 Å². The number of aromatic amines is 1. The molecule has 2 aromatic carbocycles. The highest BCUT2D eigenvalue weighted by molar-refractivity contribution is 5.97. The number of aromatic nitrogens is 1. The van der Waals surface area contributed by atoms with Crippen LogP contribution in [0.25, 0.3) is 22.4 Å². The highest BCUT2D eigenvalue weighted by Crippen LogP contribution is 2.34. The van der Waals surface area contributed by atoms with Crippen molar-refractivity contribution in [2.75, 3.05) is 7.11 Å². The predicted molar refractivity (Wildman–Crippen MR) is 88.0 cm³/mol. The Morgan fingerprint density at radius 1 is 0.875 bits per heavy atom. The standard InChI is InChI=1S/C18H15NO5/c1-24-18(23)17-15(10-2-4-12(20)5-3-10)9-16(19-17)11-6-13(21)8-14(22)7-11/h2-9,19-22H,1H3. The molecule has 0 aliphatic rings. The van der Waals surface area contributed by atoms with Crippen molar-refractivity contribution in [1.82, 2.24) is 4.98 Å². The van der Waals surface area contributed by atoms with Gasteiger partial charge in [0.05, 0.1) is 7.11 Å². The number of ether oxygens (including phenoxy) is 1. The summed E-state index contributed by atoms with van der Waals surface area (Å²) in [6, 6.07) is 12.2. The van der Waals surface area contributed by atoms with E-state index >= 15 is 0 Å². The van der Waals surface area contributed by atoms with Crippen LogP contribution >= 0.6 is 0 Å². The molecule has 0 atom stereocenters. The van der Waals surface area contributed by atoms with Gasteiger partial charge in [0, 0.05) is 22.9 Å². The molecule has 1 aromatic heterocycles. The second-order valence-electron chi connectivity index (χ2n) is 5.25. The molecule has 0 fully saturated rings.